The molecule has 0 fully saturated rings. The maximum atomic E-state index is 5.37. The molecular weight excluding hydrogens is 1280 g/mol. The average molecular weight is 1340 g/mol. The first kappa shape index (κ1) is 59.2. The highest BCUT2D eigenvalue weighted by atomic mass is 32.1. The molecule has 0 bridgehead atoms. The molecular formula is C96H59N7S. The molecule has 104 heavy (non-hydrogen) atoms. The first-order chi connectivity index (χ1) is 51.6. The fraction of sp³-hybridized carbons (Fsp3) is 0. The molecule has 0 saturated carbocycles. The van der Waals surface area contributed by atoms with Crippen molar-refractivity contribution in [2.45, 2.75) is 0 Å². The quantitative estimate of drug-likeness (QED) is 0.152. The number of benzene rings is 16. The summed E-state index contributed by atoms with van der Waals surface area (Å²) < 4.78 is 9.48. The van der Waals surface area contributed by atoms with Gasteiger partial charge in [0.25, 0.3) is 0 Å². The van der Waals surface area contributed by atoms with Gasteiger partial charge in [-0.1, -0.05) is 273 Å². The summed E-state index contributed by atoms with van der Waals surface area (Å²) in [5, 5.41) is 16.8. The minimum absolute atomic E-state index is 0.664. The Labute approximate surface area is 601 Å². The molecule has 8 heteroatoms. The van der Waals surface area contributed by atoms with Gasteiger partial charge in [-0.25, -0.2) is 19.9 Å². The number of hydrogen-bond acceptors (Lipinski definition) is 5. The second-order valence-corrected chi connectivity index (χ2v) is 27.8. The fourth-order valence-electron chi connectivity index (χ4n) is 16.2. The third kappa shape index (κ3) is 9.57. The van der Waals surface area contributed by atoms with E-state index in [-0.39, 0.29) is 0 Å². The molecule has 484 valence electrons. The van der Waals surface area contributed by atoms with E-state index in [0.717, 1.165) is 66.4 Å². The van der Waals surface area contributed by atoms with Crippen LogP contribution in [0.4, 0.5) is 0 Å². The van der Waals surface area contributed by atoms with E-state index in [1.807, 2.05) is 23.5 Å². The van der Waals surface area contributed by atoms with Crippen molar-refractivity contribution in [1.82, 2.24) is 33.6 Å². The zero-order valence-electron chi connectivity index (χ0n) is 56.1. The SMILES string of the molecule is c1ccc(-c2ccc(-c3nc(-n4c5ccccc5c5c6cc(-c7cccc8c7sc7ccccc78)ccc6ccc54)nc4ccccc34)cc2)cc1.c1ccc(-c2nc(-n3c4ccccc4c4c5ccc(-c6ccc7c(c6)c6ccccc6n7-c6ccccc6)cc5ccc43)nc3ccccc23)cc1. The third-order valence-electron chi connectivity index (χ3n) is 20.9. The molecule has 6 heterocycles. The van der Waals surface area contributed by atoms with Crippen molar-refractivity contribution in [2.24, 2.45) is 0 Å². The minimum Gasteiger partial charge on any atom is -0.309 e. The van der Waals surface area contributed by atoms with Gasteiger partial charge in [0, 0.05) is 80.1 Å². The van der Waals surface area contributed by atoms with E-state index in [1.54, 1.807) is 0 Å². The van der Waals surface area contributed by atoms with Gasteiger partial charge in [0.15, 0.2) is 0 Å². The molecule has 0 amide bonds. The van der Waals surface area contributed by atoms with Crippen molar-refractivity contribution in [3.63, 3.8) is 0 Å². The topological polar surface area (TPSA) is 66.3 Å². The Kier molecular flexibility index (Phi) is 13.7. The molecule has 0 atom stereocenters. The number of rotatable bonds is 8. The van der Waals surface area contributed by atoms with Crippen LogP contribution in [-0.4, -0.2) is 33.6 Å². The van der Waals surface area contributed by atoms with Crippen LogP contribution in [0.2, 0.25) is 0 Å². The van der Waals surface area contributed by atoms with Crippen LogP contribution in [0.1, 0.15) is 0 Å². The van der Waals surface area contributed by atoms with Crippen molar-refractivity contribution >= 4 is 140 Å². The van der Waals surface area contributed by atoms with E-state index in [1.165, 1.54) is 124 Å². The highest BCUT2D eigenvalue weighted by Gasteiger charge is 2.23. The maximum Gasteiger partial charge on any atom is 0.235 e. The highest BCUT2D eigenvalue weighted by Crippen LogP contribution is 2.45. The molecule has 0 radical (unpaired) electrons. The Bertz CT molecular complexity index is 7210. The Balaban J connectivity index is 0.000000134. The van der Waals surface area contributed by atoms with Crippen molar-refractivity contribution in [2.75, 3.05) is 0 Å². The highest BCUT2D eigenvalue weighted by molar-refractivity contribution is 7.26. The third-order valence-corrected chi connectivity index (χ3v) is 22.2. The predicted octanol–water partition coefficient (Wildman–Crippen LogP) is 25.6. The molecule has 0 N–H and O–H groups in total. The van der Waals surface area contributed by atoms with Gasteiger partial charge in [-0.3, -0.25) is 9.13 Å². The summed E-state index contributed by atoms with van der Waals surface area (Å²) >= 11 is 1.88. The van der Waals surface area contributed by atoms with Crippen LogP contribution < -0.4 is 0 Å². The van der Waals surface area contributed by atoms with E-state index < -0.39 is 0 Å². The Morgan fingerprint density at radius 3 is 1.32 bits per heavy atom. The average Bonchev–Trinajstić information content (AvgIpc) is 1.57. The second-order valence-electron chi connectivity index (χ2n) is 26.8. The summed E-state index contributed by atoms with van der Waals surface area (Å²) in [7, 11) is 0. The lowest BCUT2D eigenvalue weighted by atomic mass is 9.97. The fourth-order valence-corrected chi connectivity index (χ4v) is 17.4. The van der Waals surface area contributed by atoms with Gasteiger partial charge in [-0.2, -0.15) is 0 Å². The van der Waals surface area contributed by atoms with Crippen LogP contribution in [0.15, 0.2) is 358 Å². The lowest BCUT2D eigenvalue weighted by Gasteiger charge is -2.12. The van der Waals surface area contributed by atoms with Crippen molar-refractivity contribution in [3.05, 3.63) is 358 Å². The number of hydrogen-bond donors (Lipinski definition) is 0. The number of nitrogens with zero attached hydrogens (tertiary/aromatic N) is 7. The summed E-state index contributed by atoms with van der Waals surface area (Å²) in [4.78, 5) is 21.0. The van der Waals surface area contributed by atoms with E-state index in [0.29, 0.717) is 11.9 Å². The van der Waals surface area contributed by atoms with Gasteiger partial charge >= 0.3 is 0 Å². The number of fused-ring (bicyclic) bond motifs is 18. The van der Waals surface area contributed by atoms with Crippen molar-refractivity contribution in [3.8, 4) is 73.5 Å². The first-order valence-electron chi connectivity index (χ1n) is 35.3. The lowest BCUT2D eigenvalue weighted by Crippen LogP contribution is -2.03. The molecule has 0 aliphatic carbocycles. The van der Waals surface area contributed by atoms with E-state index in [4.69, 9.17) is 19.9 Å². The lowest BCUT2D eigenvalue weighted by molar-refractivity contribution is 1.01. The Morgan fingerprint density at radius 2 is 0.654 bits per heavy atom. The largest absolute Gasteiger partial charge is 0.309 e. The smallest absolute Gasteiger partial charge is 0.235 e. The molecule has 22 rings (SSSR count). The molecule has 0 aliphatic heterocycles. The summed E-state index contributed by atoms with van der Waals surface area (Å²) in [6, 6.07) is 128. The molecule has 22 aromatic rings. The summed E-state index contributed by atoms with van der Waals surface area (Å²) in [5.41, 5.74) is 21.0. The number of thiophene rings is 1. The van der Waals surface area contributed by atoms with Gasteiger partial charge in [0.2, 0.25) is 11.9 Å². The first-order valence-corrected chi connectivity index (χ1v) is 36.1. The monoisotopic (exact) mass is 1340 g/mol. The van der Waals surface area contributed by atoms with Gasteiger partial charge in [0.1, 0.15) is 0 Å². The van der Waals surface area contributed by atoms with Crippen LogP contribution in [0, 0.1) is 0 Å². The molecule has 0 unspecified atom stereocenters. The van der Waals surface area contributed by atoms with Gasteiger partial charge in [0.05, 0.1) is 55.5 Å². The van der Waals surface area contributed by atoms with Crippen molar-refractivity contribution in [1.29, 1.82) is 0 Å². The molecule has 0 aliphatic rings. The van der Waals surface area contributed by atoms with Crippen LogP contribution in [0.3, 0.4) is 0 Å². The Hall–Kier alpha value is -13.7. The van der Waals surface area contributed by atoms with Crippen molar-refractivity contribution < 1.29 is 0 Å². The van der Waals surface area contributed by atoms with Gasteiger partial charge in [-0.15, -0.1) is 11.3 Å². The van der Waals surface area contributed by atoms with Gasteiger partial charge < -0.3 is 4.57 Å². The van der Waals surface area contributed by atoms with Crippen LogP contribution >= 0.6 is 11.3 Å². The second kappa shape index (κ2) is 24.0. The zero-order chi connectivity index (χ0) is 68.3. The zero-order valence-corrected chi connectivity index (χ0v) is 56.9. The van der Waals surface area contributed by atoms with E-state index in [9.17, 15) is 0 Å². The molecule has 7 nitrogen and oxygen atoms in total. The summed E-state index contributed by atoms with van der Waals surface area (Å²) in [5.74, 6) is 1.33. The minimum atomic E-state index is 0.664. The maximum absolute atomic E-state index is 5.37. The van der Waals surface area contributed by atoms with Crippen LogP contribution in [-0.2, 0) is 0 Å². The molecule has 0 saturated heterocycles. The van der Waals surface area contributed by atoms with Crippen LogP contribution in [0.25, 0.3) is 202 Å². The predicted molar refractivity (Wildman–Crippen MR) is 437 cm³/mol. The summed E-state index contributed by atoms with van der Waals surface area (Å²) in [6.45, 7) is 0. The number of aromatic nitrogens is 7. The molecule has 6 aromatic heterocycles. The van der Waals surface area contributed by atoms with Crippen LogP contribution in [0.5, 0.6) is 0 Å². The Morgan fingerprint density at radius 1 is 0.221 bits per heavy atom. The van der Waals surface area contributed by atoms with E-state index >= 15 is 0 Å². The standard InChI is InChI=1S/C48H30N4.C48H29N3S/c1-3-13-31(14-4-1)47-38-18-7-10-20-41(38)49-48(50-47)52-43-22-12-9-19-39(43)46-36-26-23-32(29-34(36)25-28-45(46)52)33-24-27-44-40(30-33)37-17-8-11-21-42(37)51(44)35-15-5-2-6-16-35;1-2-11-30(12-3-1)31-21-24-33(25-22-31)46-38-14-4-7-18-41(38)49-48(50-46)51-42-19-8-5-15-39(42)45-40-29-34(26-23-32(40)27-28-43(45)51)35-16-10-17-37-36-13-6-9-20-44(36)52-47(35)37/h1-30H;1-29H. The summed E-state index contributed by atoms with van der Waals surface area (Å²) in [6.07, 6.45) is 0. The number of para-hydroxylation sites is 6. The molecule has 16 aromatic carbocycles. The molecule has 0 spiro atoms. The normalized spacial score (nSPS) is 11.8. The van der Waals surface area contributed by atoms with E-state index in [2.05, 4.69) is 359 Å². The van der Waals surface area contributed by atoms with Gasteiger partial charge in [-0.05, 0) is 140 Å².